The number of piperidine rings is 1. The molecule has 1 saturated heterocycles. The third-order valence-corrected chi connectivity index (χ3v) is 1.92. The molecule has 13 heavy (non-hydrogen) atoms. The van der Waals surface area contributed by atoms with Gasteiger partial charge in [0, 0.05) is 20.8 Å². The molecule has 0 saturated carbocycles. The molecule has 0 bridgehead atoms. The van der Waals surface area contributed by atoms with Gasteiger partial charge in [-0.2, -0.15) is 0 Å². The number of methoxy groups -OCH3 is 1. The Bertz CT molecular complexity index is 71.3. The molecule has 0 aliphatic carbocycles. The predicted molar refractivity (Wildman–Crippen MR) is 57.0 cm³/mol. The van der Waals surface area contributed by atoms with Crippen LogP contribution in [0.15, 0.2) is 0 Å². The van der Waals surface area contributed by atoms with Gasteiger partial charge in [0.1, 0.15) is 0 Å². The first-order chi connectivity index (χ1) is 6.31. The number of hydrogen-bond acceptors (Lipinski definition) is 3. The first kappa shape index (κ1) is 15.4. The summed E-state index contributed by atoms with van der Waals surface area (Å²) in [5, 5.41) is 10.3. The van der Waals surface area contributed by atoms with Crippen molar-refractivity contribution in [2.24, 2.45) is 5.92 Å². The summed E-state index contributed by atoms with van der Waals surface area (Å²) in [6.45, 7) is 7.57. The summed E-state index contributed by atoms with van der Waals surface area (Å²) >= 11 is 0. The number of hydrogen-bond donors (Lipinski definition) is 2. The molecular formula is C10H25NO2. The highest BCUT2D eigenvalue weighted by molar-refractivity contribution is 4.62. The van der Waals surface area contributed by atoms with E-state index in [0.717, 1.165) is 19.6 Å². The first-order valence-electron chi connectivity index (χ1n) is 4.95. The largest absolute Gasteiger partial charge is 0.400 e. The Balaban J connectivity index is 0. The van der Waals surface area contributed by atoms with Gasteiger partial charge in [0.25, 0.3) is 0 Å². The molecule has 3 nitrogen and oxygen atoms in total. The summed E-state index contributed by atoms with van der Waals surface area (Å²) in [4.78, 5) is 0. The van der Waals surface area contributed by atoms with Gasteiger partial charge in [0.2, 0.25) is 0 Å². The van der Waals surface area contributed by atoms with Gasteiger partial charge < -0.3 is 15.2 Å². The van der Waals surface area contributed by atoms with E-state index in [-0.39, 0.29) is 0 Å². The fourth-order valence-electron chi connectivity index (χ4n) is 0.966. The number of nitrogens with one attached hydrogen (secondary N) is 1. The van der Waals surface area contributed by atoms with E-state index in [9.17, 15) is 0 Å². The Morgan fingerprint density at radius 3 is 1.85 bits per heavy atom. The van der Waals surface area contributed by atoms with Gasteiger partial charge in [-0.15, -0.1) is 0 Å². The molecule has 0 aromatic rings. The molecule has 0 spiro atoms. The summed E-state index contributed by atoms with van der Waals surface area (Å²) in [6, 6.07) is 0. The molecule has 0 aromatic heterocycles. The van der Waals surface area contributed by atoms with E-state index < -0.39 is 0 Å². The Kier molecular flexibility index (Phi) is 17.0. The molecule has 1 aliphatic rings. The van der Waals surface area contributed by atoms with Crippen molar-refractivity contribution in [3.05, 3.63) is 0 Å². The van der Waals surface area contributed by atoms with Gasteiger partial charge in [-0.3, -0.25) is 0 Å². The van der Waals surface area contributed by atoms with E-state index in [1.165, 1.54) is 25.9 Å². The molecule has 0 radical (unpaired) electrons. The molecule has 0 aromatic carbocycles. The van der Waals surface area contributed by atoms with Gasteiger partial charge in [-0.05, 0) is 38.8 Å². The van der Waals surface area contributed by atoms with Crippen LogP contribution in [0, 0.1) is 5.92 Å². The summed E-state index contributed by atoms with van der Waals surface area (Å²) < 4.78 is 4.54. The smallest absolute Gasteiger partial charge is 0.0433 e. The summed E-state index contributed by atoms with van der Waals surface area (Å²) in [5.74, 6) is 0.973. The Morgan fingerprint density at radius 1 is 1.31 bits per heavy atom. The Morgan fingerprint density at radius 2 is 1.69 bits per heavy atom. The van der Waals surface area contributed by atoms with E-state index in [4.69, 9.17) is 5.11 Å². The van der Waals surface area contributed by atoms with Crippen LogP contribution in [0.25, 0.3) is 0 Å². The standard InChI is InChI=1S/C6H13N.C3H8O.CH4O/c1-6-2-4-7-5-3-6;1-3-4-2;1-2/h6-7H,2-5H2,1H3;3H2,1-2H3;2H,1H3. The van der Waals surface area contributed by atoms with Crippen LogP contribution in [0.4, 0.5) is 0 Å². The molecule has 82 valence electrons. The van der Waals surface area contributed by atoms with Crippen LogP contribution < -0.4 is 5.32 Å². The zero-order chi connectivity index (χ0) is 10.5. The lowest BCUT2D eigenvalue weighted by molar-refractivity contribution is 0.215. The van der Waals surface area contributed by atoms with Crippen LogP contribution >= 0.6 is 0 Å². The van der Waals surface area contributed by atoms with Crippen molar-refractivity contribution in [1.82, 2.24) is 5.32 Å². The summed E-state index contributed by atoms with van der Waals surface area (Å²) in [7, 11) is 2.68. The summed E-state index contributed by atoms with van der Waals surface area (Å²) in [5.41, 5.74) is 0. The van der Waals surface area contributed by atoms with Crippen molar-refractivity contribution < 1.29 is 9.84 Å². The van der Waals surface area contributed by atoms with Crippen LogP contribution in [0.1, 0.15) is 26.7 Å². The van der Waals surface area contributed by atoms with Crippen molar-refractivity contribution in [2.45, 2.75) is 26.7 Å². The van der Waals surface area contributed by atoms with Gasteiger partial charge >= 0.3 is 0 Å². The number of aliphatic hydroxyl groups is 1. The predicted octanol–water partition coefficient (Wildman–Crippen LogP) is 1.27. The molecule has 0 atom stereocenters. The molecular weight excluding hydrogens is 166 g/mol. The zero-order valence-corrected chi connectivity index (χ0v) is 9.47. The normalized spacial score (nSPS) is 16.4. The third-order valence-electron chi connectivity index (χ3n) is 1.92. The molecule has 2 N–H and O–H groups in total. The number of rotatable bonds is 1. The van der Waals surface area contributed by atoms with E-state index in [0.29, 0.717) is 0 Å². The third kappa shape index (κ3) is 14.7. The van der Waals surface area contributed by atoms with Gasteiger partial charge in [-0.1, -0.05) is 6.92 Å². The minimum atomic E-state index is 0.819. The average molecular weight is 191 g/mol. The van der Waals surface area contributed by atoms with Crippen molar-refractivity contribution >= 4 is 0 Å². The lowest BCUT2D eigenvalue weighted by Crippen LogP contribution is -2.26. The second-order valence-corrected chi connectivity index (χ2v) is 3.01. The van der Waals surface area contributed by atoms with Gasteiger partial charge in [0.15, 0.2) is 0 Å². The molecule has 1 aliphatic heterocycles. The number of ether oxygens (including phenoxy) is 1. The molecule has 0 amide bonds. The van der Waals surface area contributed by atoms with E-state index in [2.05, 4.69) is 17.0 Å². The molecule has 3 heteroatoms. The van der Waals surface area contributed by atoms with Crippen LogP contribution in [0.2, 0.25) is 0 Å². The van der Waals surface area contributed by atoms with Crippen LogP contribution in [-0.2, 0) is 4.74 Å². The lowest BCUT2D eigenvalue weighted by Gasteiger charge is -2.17. The zero-order valence-electron chi connectivity index (χ0n) is 9.47. The number of aliphatic hydroxyl groups excluding tert-OH is 1. The van der Waals surface area contributed by atoms with Crippen molar-refractivity contribution in [2.75, 3.05) is 33.9 Å². The van der Waals surface area contributed by atoms with E-state index in [1.54, 1.807) is 7.11 Å². The maximum Gasteiger partial charge on any atom is 0.0433 e. The average Bonchev–Trinajstić information content (AvgIpc) is 2.22. The molecule has 1 rings (SSSR count). The van der Waals surface area contributed by atoms with Crippen molar-refractivity contribution in [3.8, 4) is 0 Å². The molecule has 1 fully saturated rings. The second kappa shape index (κ2) is 14.4. The highest BCUT2D eigenvalue weighted by Gasteiger charge is 2.04. The minimum absolute atomic E-state index is 0.819. The Labute approximate surface area is 82.5 Å². The first-order valence-corrected chi connectivity index (χ1v) is 4.95. The highest BCUT2D eigenvalue weighted by atomic mass is 16.5. The fraction of sp³-hybridized carbons (Fsp3) is 1.00. The fourth-order valence-corrected chi connectivity index (χ4v) is 0.966. The van der Waals surface area contributed by atoms with Gasteiger partial charge in [0.05, 0.1) is 0 Å². The Hall–Kier alpha value is -0.120. The van der Waals surface area contributed by atoms with Gasteiger partial charge in [-0.25, -0.2) is 0 Å². The van der Waals surface area contributed by atoms with E-state index >= 15 is 0 Å². The van der Waals surface area contributed by atoms with Crippen LogP contribution in [-0.4, -0.2) is 39.0 Å². The summed E-state index contributed by atoms with van der Waals surface area (Å²) in [6.07, 6.45) is 2.75. The SMILES string of the molecule is CC1CCNCC1.CCOC.CO. The highest BCUT2D eigenvalue weighted by Crippen LogP contribution is 2.08. The van der Waals surface area contributed by atoms with Crippen molar-refractivity contribution in [1.29, 1.82) is 0 Å². The molecule has 1 heterocycles. The van der Waals surface area contributed by atoms with E-state index in [1.807, 2.05) is 6.92 Å². The monoisotopic (exact) mass is 191 g/mol. The second-order valence-electron chi connectivity index (χ2n) is 3.01. The minimum Gasteiger partial charge on any atom is -0.400 e. The van der Waals surface area contributed by atoms with Crippen molar-refractivity contribution in [3.63, 3.8) is 0 Å². The van der Waals surface area contributed by atoms with Crippen LogP contribution in [0.5, 0.6) is 0 Å². The topological polar surface area (TPSA) is 41.5 Å². The maximum atomic E-state index is 7.00. The lowest BCUT2D eigenvalue weighted by atomic mass is 10.0. The van der Waals surface area contributed by atoms with Crippen LogP contribution in [0.3, 0.4) is 0 Å². The molecule has 0 unspecified atom stereocenters. The quantitative estimate of drug-likeness (QED) is 0.656. The maximum absolute atomic E-state index is 7.00.